The van der Waals surface area contributed by atoms with Gasteiger partial charge in [-0.3, -0.25) is 0 Å². The summed E-state index contributed by atoms with van der Waals surface area (Å²) in [7, 11) is 0. The molecule has 0 radical (unpaired) electrons. The quantitative estimate of drug-likeness (QED) is 0.706. The predicted molar refractivity (Wildman–Crippen MR) is 57.9 cm³/mol. The zero-order valence-corrected chi connectivity index (χ0v) is 8.39. The fraction of sp³-hybridized carbons (Fsp3) is 0.100. The Morgan fingerprint density at radius 2 is 2.14 bits per heavy atom. The molecule has 0 bridgehead atoms. The third-order valence-corrected chi connectivity index (χ3v) is 3.06. The number of carbonyl (C=O) groups is 1. The minimum absolute atomic E-state index is 0.180. The number of carboxylic acids is 1. The standard InChI is InChI=1S/C10H9NO2S/c1-5-2-6-3-8(11)7(10(12)13)4-9(6)14-5/h2-4H,11H2,1H3,(H,12,13). The zero-order chi connectivity index (χ0) is 10.3. The van der Waals surface area contributed by atoms with Crippen LogP contribution in [0.4, 0.5) is 5.69 Å². The van der Waals surface area contributed by atoms with E-state index in [9.17, 15) is 4.79 Å². The number of hydrogen-bond acceptors (Lipinski definition) is 3. The maximum absolute atomic E-state index is 10.8. The maximum Gasteiger partial charge on any atom is 0.337 e. The van der Waals surface area contributed by atoms with Crippen LogP contribution < -0.4 is 5.73 Å². The van der Waals surface area contributed by atoms with Gasteiger partial charge in [0, 0.05) is 15.3 Å². The van der Waals surface area contributed by atoms with Crippen LogP contribution in [0.25, 0.3) is 10.1 Å². The highest BCUT2D eigenvalue weighted by atomic mass is 32.1. The second kappa shape index (κ2) is 2.99. The molecule has 1 aromatic carbocycles. The molecule has 0 spiro atoms. The average molecular weight is 207 g/mol. The molecule has 1 heterocycles. The van der Waals surface area contributed by atoms with E-state index in [0.717, 1.165) is 15.0 Å². The zero-order valence-electron chi connectivity index (χ0n) is 7.57. The van der Waals surface area contributed by atoms with Crippen molar-refractivity contribution in [3.05, 3.63) is 28.6 Å². The highest BCUT2D eigenvalue weighted by Gasteiger charge is 2.10. The van der Waals surface area contributed by atoms with Gasteiger partial charge in [-0.05, 0) is 30.5 Å². The number of nitrogens with two attached hydrogens (primary N) is 1. The van der Waals surface area contributed by atoms with E-state index in [1.54, 1.807) is 23.5 Å². The van der Waals surface area contributed by atoms with Gasteiger partial charge in [0.05, 0.1) is 5.56 Å². The molecule has 0 amide bonds. The molecular weight excluding hydrogens is 198 g/mol. The lowest BCUT2D eigenvalue weighted by Gasteiger charge is -1.99. The molecule has 0 atom stereocenters. The molecule has 0 aliphatic heterocycles. The van der Waals surface area contributed by atoms with Gasteiger partial charge in [-0.1, -0.05) is 0 Å². The Labute approximate surface area is 84.8 Å². The number of benzene rings is 1. The van der Waals surface area contributed by atoms with Crippen molar-refractivity contribution in [3.63, 3.8) is 0 Å². The van der Waals surface area contributed by atoms with Crippen molar-refractivity contribution in [1.29, 1.82) is 0 Å². The van der Waals surface area contributed by atoms with Crippen LogP contribution in [0, 0.1) is 6.92 Å². The molecule has 0 unspecified atom stereocenters. The normalized spacial score (nSPS) is 10.6. The van der Waals surface area contributed by atoms with Crippen molar-refractivity contribution < 1.29 is 9.90 Å². The monoisotopic (exact) mass is 207 g/mol. The van der Waals surface area contributed by atoms with Gasteiger partial charge in [0.25, 0.3) is 0 Å². The summed E-state index contributed by atoms with van der Waals surface area (Å²) >= 11 is 1.57. The molecule has 1 aromatic heterocycles. The molecule has 3 nitrogen and oxygen atoms in total. The van der Waals surface area contributed by atoms with Gasteiger partial charge in [-0.15, -0.1) is 11.3 Å². The van der Waals surface area contributed by atoms with Gasteiger partial charge < -0.3 is 10.8 Å². The number of aryl methyl sites for hydroxylation is 1. The molecule has 0 saturated carbocycles. The number of thiophene rings is 1. The molecular formula is C10H9NO2S. The van der Waals surface area contributed by atoms with Crippen LogP contribution in [0.3, 0.4) is 0 Å². The van der Waals surface area contributed by atoms with E-state index in [4.69, 9.17) is 10.8 Å². The summed E-state index contributed by atoms with van der Waals surface area (Å²) in [5.74, 6) is -0.976. The van der Waals surface area contributed by atoms with E-state index in [2.05, 4.69) is 0 Å². The van der Waals surface area contributed by atoms with E-state index in [1.807, 2.05) is 13.0 Å². The first-order valence-electron chi connectivity index (χ1n) is 4.11. The van der Waals surface area contributed by atoms with E-state index in [-0.39, 0.29) is 5.56 Å². The average Bonchev–Trinajstić information content (AvgIpc) is 2.42. The third kappa shape index (κ3) is 1.33. The van der Waals surface area contributed by atoms with Gasteiger partial charge >= 0.3 is 5.97 Å². The summed E-state index contributed by atoms with van der Waals surface area (Å²) in [6.07, 6.45) is 0. The van der Waals surface area contributed by atoms with Gasteiger partial charge in [0.2, 0.25) is 0 Å². The summed E-state index contributed by atoms with van der Waals surface area (Å²) in [6.45, 7) is 1.99. The van der Waals surface area contributed by atoms with Gasteiger partial charge in [0.1, 0.15) is 0 Å². The lowest BCUT2D eigenvalue weighted by molar-refractivity contribution is 0.0698. The van der Waals surface area contributed by atoms with Crippen LogP contribution >= 0.6 is 11.3 Å². The minimum atomic E-state index is -0.976. The predicted octanol–water partition coefficient (Wildman–Crippen LogP) is 2.49. The smallest absolute Gasteiger partial charge is 0.337 e. The first-order chi connectivity index (χ1) is 6.58. The number of fused-ring (bicyclic) bond motifs is 1. The van der Waals surface area contributed by atoms with Crippen LogP contribution in [0.2, 0.25) is 0 Å². The molecule has 0 aliphatic carbocycles. The Kier molecular flexibility index (Phi) is 1.93. The second-order valence-corrected chi connectivity index (χ2v) is 4.43. The Bertz CT molecular complexity index is 516. The third-order valence-electron chi connectivity index (χ3n) is 2.04. The van der Waals surface area contributed by atoms with Crippen LogP contribution in [-0.2, 0) is 0 Å². The number of carboxylic acid groups (broad SMARTS) is 1. The van der Waals surface area contributed by atoms with Gasteiger partial charge in [-0.25, -0.2) is 4.79 Å². The summed E-state index contributed by atoms with van der Waals surface area (Å²) in [5.41, 5.74) is 6.12. The number of nitrogen functional groups attached to an aromatic ring is 1. The van der Waals surface area contributed by atoms with Crippen LogP contribution in [0.5, 0.6) is 0 Å². The summed E-state index contributed by atoms with van der Waals surface area (Å²) in [6, 6.07) is 5.34. The Hall–Kier alpha value is -1.55. The summed E-state index contributed by atoms with van der Waals surface area (Å²) in [4.78, 5) is 12.0. The van der Waals surface area contributed by atoms with E-state index >= 15 is 0 Å². The maximum atomic E-state index is 10.8. The Morgan fingerprint density at radius 1 is 1.43 bits per heavy atom. The molecule has 3 N–H and O–H groups in total. The molecule has 0 aliphatic rings. The lowest BCUT2D eigenvalue weighted by atomic mass is 10.1. The minimum Gasteiger partial charge on any atom is -0.478 e. The fourth-order valence-electron chi connectivity index (χ4n) is 1.42. The highest BCUT2D eigenvalue weighted by molar-refractivity contribution is 7.19. The van der Waals surface area contributed by atoms with E-state index in [1.165, 1.54) is 0 Å². The Balaban J connectivity index is 2.76. The first-order valence-corrected chi connectivity index (χ1v) is 4.92. The SMILES string of the molecule is Cc1cc2cc(N)c(C(=O)O)cc2s1. The van der Waals surface area contributed by atoms with Crippen LogP contribution in [-0.4, -0.2) is 11.1 Å². The van der Waals surface area contributed by atoms with Crippen molar-refractivity contribution in [2.75, 3.05) is 5.73 Å². The fourth-order valence-corrected chi connectivity index (χ4v) is 2.37. The molecule has 0 saturated heterocycles. The highest BCUT2D eigenvalue weighted by Crippen LogP contribution is 2.29. The first kappa shape index (κ1) is 9.02. The van der Waals surface area contributed by atoms with Gasteiger partial charge in [-0.2, -0.15) is 0 Å². The number of aromatic carboxylic acids is 1. The van der Waals surface area contributed by atoms with Crippen molar-refractivity contribution in [2.24, 2.45) is 0 Å². The molecule has 14 heavy (non-hydrogen) atoms. The number of anilines is 1. The van der Waals surface area contributed by atoms with E-state index in [0.29, 0.717) is 5.69 Å². The Morgan fingerprint density at radius 3 is 2.79 bits per heavy atom. The largest absolute Gasteiger partial charge is 0.478 e. The molecule has 4 heteroatoms. The summed E-state index contributed by atoms with van der Waals surface area (Å²) in [5, 5.41) is 9.87. The molecule has 0 fully saturated rings. The van der Waals surface area contributed by atoms with Crippen molar-refractivity contribution in [3.8, 4) is 0 Å². The van der Waals surface area contributed by atoms with Gasteiger partial charge in [0.15, 0.2) is 0 Å². The number of rotatable bonds is 1. The molecule has 72 valence electrons. The van der Waals surface area contributed by atoms with Crippen LogP contribution in [0.15, 0.2) is 18.2 Å². The van der Waals surface area contributed by atoms with Crippen LogP contribution in [0.1, 0.15) is 15.2 Å². The second-order valence-electron chi connectivity index (χ2n) is 3.14. The topological polar surface area (TPSA) is 63.3 Å². The molecule has 2 aromatic rings. The van der Waals surface area contributed by atoms with Crippen molar-refractivity contribution >= 4 is 33.1 Å². The molecule has 2 rings (SSSR count). The number of hydrogen-bond donors (Lipinski definition) is 2. The van der Waals surface area contributed by atoms with Crippen molar-refractivity contribution in [2.45, 2.75) is 6.92 Å². The van der Waals surface area contributed by atoms with E-state index < -0.39 is 5.97 Å². The van der Waals surface area contributed by atoms with Crippen molar-refractivity contribution in [1.82, 2.24) is 0 Å². The summed E-state index contributed by atoms with van der Waals surface area (Å²) < 4.78 is 0.967. The lowest BCUT2D eigenvalue weighted by Crippen LogP contribution is -2.01.